The van der Waals surface area contributed by atoms with E-state index in [4.69, 9.17) is 21.1 Å². The second-order valence-electron chi connectivity index (χ2n) is 7.92. The molecule has 1 saturated heterocycles. The van der Waals surface area contributed by atoms with Gasteiger partial charge in [-0.3, -0.25) is 14.7 Å². The SMILES string of the molecule is COc1ccc2c(c1F)C(=O)CC1(CCN(C(=O)c3cc(Cl)c4[nH]ncc4c3)CC1)O2. The van der Waals surface area contributed by atoms with Crippen LogP contribution in [0.5, 0.6) is 11.5 Å². The van der Waals surface area contributed by atoms with Crippen molar-refractivity contribution < 1.29 is 23.5 Å². The molecule has 0 unspecified atom stereocenters. The van der Waals surface area contributed by atoms with E-state index in [1.165, 1.54) is 13.2 Å². The number of fused-ring (bicyclic) bond motifs is 2. The first-order chi connectivity index (χ1) is 14.9. The van der Waals surface area contributed by atoms with E-state index in [1.807, 2.05) is 0 Å². The minimum Gasteiger partial charge on any atom is -0.494 e. The summed E-state index contributed by atoms with van der Waals surface area (Å²) in [5.41, 5.74) is 0.364. The molecule has 1 aromatic heterocycles. The standard InChI is InChI=1S/C22H19ClFN3O4/c1-30-17-3-2-16-18(19(17)24)15(28)10-22(31-16)4-6-27(7-5-22)21(29)12-8-13-11-25-26-20(13)14(23)9-12/h2-3,8-9,11H,4-7,10H2,1H3,(H,25,26). The van der Waals surface area contributed by atoms with Crippen LogP contribution in [0.25, 0.3) is 10.9 Å². The van der Waals surface area contributed by atoms with Crippen molar-refractivity contribution in [2.75, 3.05) is 20.2 Å². The van der Waals surface area contributed by atoms with E-state index < -0.39 is 11.4 Å². The van der Waals surface area contributed by atoms with Crippen molar-refractivity contribution in [3.8, 4) is 11.5 Å². The predicted octanol–water partition coefficient (Wildman–Crippen LogP) is 4.00. The summed E-state index contributed by atoms with van der Waals surface area (Å²) in [6.07, 6.45) is 2.63. The average Bonchev–Trinajstić information content (AvgIpc) is 3.23. The number of nitrogens with zero attached hydrogens (tertiary/aromatic N) is 2. The predicted molar refractivity (Wildman–Crippen MR) is 111 cm³/mol. The quantitative estimate of drug-likeness (QED) is 0.647. The number of H-pyrrole nitrogens is 1. The fourth-order valence-electron chi connectivity index (χ4n) is 4.41. The number of rotatable bonds is 2. The number of likely N-dealkylation sites (tertiary alicyclic amines) is 1. The van der Waals surface area contributed by atoms with Crippen LogP contribution in [0.1, 0.15) is 40.0 Å². The number of carbonyl (C=O) groups is 2. The van der Waals surface area contributed by atoms with Crippen LogP contribution in [0.2, 0.25) is 5.02 Å². The van der Waals surface area contributed by atoms with Crippen LogP contribution in [0, 0.1) is 5.82 Å². The zero-order chi connectivity index (χ0) is 21.8. The molecule has 2 aliphatic heterocycles. The van der Waals surface area contributed by atoms with E-state index in [9.17, 15) is 14.0 Å². The Bertz CT molecular complexity index is 1220. The average molecular weight is 444 g/mol. The fraction of sp³-hybridized carbons (Fsp3) is 0.318. The van der Waals surface area contributed by atoms with Crippen molar-refractivity contribution in [3.05, 3.63) is 52.4 Å². The van der Waals surface area contributed by atoms with E-state index in [-0.39, 0.29) is 35.2 Å². The smallest absolute Gasteiger partial charge is 0.253 e. The minimum absolute atomic E-state index is 0.0142. The van der Waals surface area contributed by atoms with Crippen molar-refractivity contribution >= 4 is 34.2 Å². The number of piperidine rings is 1. The van der Waals surface area contributed by atoms with Gasteiger partial charge in [0.05, 0.1) is 35.8 Å². The molecule has 3 aromatic rings. The molecule has 31 heavy (non-hydrogen) atoms. The van der Waals surface area contributed by atoms with Gasteiger partial charge in [0.1, 0.15) is 11.4 Å². The van der Waals surface area contributed by atoms with Gasteiger partial charge in [-0.25, -0.2) is 4.39 Å². The summed E-state index contributed by atoms with van der Waals surface area (Å²) in [5.74, 6) is -0.904. The topological polar surface area (TPSA) is 84.5 Å². The second kappa shape index (κ2) is 7.23. The zero-order valence-electron chi connectivity index (χ0n) is 16.7. The van der Waals surface area contributed by atoms with Crippen LogP contribution in [0.4, 0.5) is 4.39 Å². The van der Waals surface area contributed by atoms with Gasteiger partial charge < -0.3 is 14.4 Å². The lowest BCUT2D eigenvalue weighted by Gasteiger charge is -2.44. The molecule has 2 aromatic carbocycles. The Labute approximate surface area is 182 Å². The largest absolute Gasteiger partial charge is 0.494 e. The molecule has 1 amide bonds. The van der Waals surface area contributed by atoms with E-state index in [2.05, 4.69) is 10.2 Å². The number of halogens is 2. The molecular weight excluding hydrogens is 425 g/mol. The molecule has 1 N–H and O–H groups in total. The lowest BCUT2D eigenvalue weighted by Crippen LogP contribution is -2.52. The summed E-state index contributed by atoms with van der Waals surface area (Å²) in [7, 11) is 1.35. The molecule has 0 saturated carbocycles. The third-order valence-electron chi connectivity index (χ3n) is 6.09. The summed E-state index contributed by atoms with van der Waals surface area (Å²) < 4.78 is 25.6. The monoisotopic (exact) mass is 443 g/mol. The maximum Gasteiger partial charge on any atom is 0.253 e. The van der Waals surface area contributed by atoms with Crippen molar-refractivity contribution in [2.45, 2.75) is 24.9 Å². The zero-order valence-corrected chi connectivity index (χ0v) is 17.5. The van der Waals surface area contributed by atoms with Gasteiger partial charge in [-0.05, 0) is 24.3 Å². The van der Waals surface area contributed by atoms with Crippen molar-refractivity contribution in [2.24, 2.45) is 0 Å². The molecule has 2 aliphatic rings. The molecule has 1 spiro atoms. The number of nitrogens with one attached hydrogen (secondary N) is 1. The molecule has 1 fully saturated rings. The number of methoxy groups -OCH3 is 1. The van der Waals surface area contributed by atoms with Gasteiger partial charge in [0.2, 0.25) is 0 Å². The fourth-order valence-corrected chi connectivity index (χ4v) is 4.68. The summed E-state index contributed by atoms with van der Waals surface area (Å²) in [6, 6.07) is 6.40. The molecule has 0 bridgehead atoms. The molecule has 7 nitrogen and oxygen atoms in total. The number of ether oxygens (including phenoxy) is 2. The van der Waals surface area contributed by atoms with Crippen LogP contribution < -0.4 is 9.47 Å². The highest BCUT2D eigenvalue weighted by molar-refractivity contribution is 6.35. The third-order valence-corrected chi connectivity index (χ3v) is 6.38. The highest BCUT2D eigenvalue weighted by atomic mass is 35.5. The summed E-state index contributed by atoms with van der Waals surface area (Å²) in [5, 5.41) is 7.96. The maximum absolute atomic E-state index is 14.5. The van der Waals surface area contributed by atoms with E-state index >= 15 is 0 Å². The Balaban J connectivity index is 1.34. The minimum atomic E-state index is -0.742. The Morgan fingerprint density at radius 3 is 2.84 bits per heavy atom. The number of hydrogen-bond donors (Lipinski definition) is 1. The molecule has 0 aliphatic carbocycles. The van der Waals surface area contributed by atoms with E-state index in [0.717, 1.165) is 5.39 Å². The maximum atomic E-state index is 14.5. The number of benzene rings is 2. The van der Waals surface area contributed by atoms with Gasteiger partial charge in [-0.2, -0.15) is 5.10 Å². The van der Waals surface area contributed by atoms with Gasteiger partial charge in [0.15, 0.2) is 17.3 Å². The van der Waals surface area contributed by atoms with E-state index in [0.29, 0.717) is 42.0 Å². The number of aromatic nitrogens is 2. The Morgan fingerprint density at radius 2 is 2.10 bits per heavy atom. The van der Waals surface area contributed by atoms with Crippen LogP contribution in [0.3, 0.4) is 0 Å². The number of ketones is 1. The first-order valence-corrected chi connectivity index (χ1v) is 10.3. The molecule has 0 radical (unpaired) electrons. The Hall–Kier alpha value is -3.13. The number of Topliss-reactive ketones (excluding diaryl/α,β-unsaturated/α-hetero) is 1. The Morgan fingerprint density at radius 1 is 1.32 bits per heavy atom. The number of aromatic amines is 1. The van der Waals surface area contributed by atoms with Crippen molar-refractivity contribution in [3.63, 3.8) is 0 Å². The molecule has 160 valence electrons. The Kier molecular flexibility index (Phi) is 4.62. The lowest BCUT2D eigenvalue weighted by atomic mass is 9.82. The highest BCUT2D eigenvalue weighted by Gasteiger charge is 2.45. The van der Waals surface area contributed by atoms with Crippen LogP contribution in [-0.2, 0) is 0 Å². The molecule has 0 atom stereocenters. The third kappa shape index (κ3) is 3.22. The van der Waals surface area contributed by atoms with Crippen molar-refractivity contribution in [1.82, 2.24) is 15.1 Å². The van der Waals surface area contributed by atoms with E-state index in [1.54, 1.807) is 29.3 Å². The normalized spacial score (nSPS) is 17.5. The van der Waals surface area contributed by atoms with Gasteiger partial charge in [0.25, 0.3) is 5.91 Å². The highest BCUT2D eigenvalue weighted by Crippen LogP contribution is 2.42. The summed E-state index contributed by atoms with van der Waals surface area (Å²) in [6.45, 7) is 0.836. The second-order valence-corrected chi connectivity index (χ2v) is 8.33. The van der Waals surface area contributed by atoms with Crippen LogP contribution in [-0.4, -0.2) is 52.6 Å². The first-order valence-electron chi connectivity index (χ1n) is 9.91. The number of amides is 1. The van der Waals surface area contributed by atoms with Crippen LogP contribution in [0.15, 0.2) is 30.5 Å². The number of hydrogen-bond acceptors (Lipinski definition) is 5. The first kappa shape index (κ1) is 19.8. The summed E-state index contributed by atoms with van der Waals surface area (Å²) >= 11 is 6.26. The number of carbonyl (C=O) groups excluding carboxylic acids is 2. The molecule has 3 heterocycles. The van der Waals surface area contributed by atoms with Crippen molar-refractivity contribution in [1.29, 1.82) is 0 Å². The van der Waals surface area contributed by atoms with Gasteiger partial charge in [-0.1, -0.05) is 11.6 Å². The van der Waals surface area contributed by atoms with Gasteiger partial charge in [0, 0.05) is 36.9 Å². The van der Waals surface area contributed by atoms with Gasteiger partial charge >= 0.3 is 0 Å². The lowest BCUT2D eigenvalue weighted by molar-refractivity contribution is -0.00627. The summed E-state index contributed by atoms with van der Waals surface area (Å²) in [4.78, 5) is 27.5. The molecule has 9 heteroatoms. The van der Waals surface area contributed by atoms with Crippen LogP contribution >= 0.6 is 11.6 Å². The molecule has 5 rings (SSSR count). The van der Waals surface area contributed by atoms with Gasteiger partial charge in [-0.15, -0.1) is 0 Å². The molecular formula is C22H19ClFN3O4.